The number of hydrogen-bond donors (Lipinski definition) is 0. The molecule has 1 fully saturated rings. The molecule has 168 valence electrons. The molecule has 1 atom stereocenters. The highest BCUT2D eigenvalue weighted by Gasteiger charge is 2.44. The smallest absolute Gasteiger partial charge is 0.261 e. The number of carbonyl (C=O) groups excluding carboxylic acids is 3. The summed E-state index contributed by atoms with van der Waals surface area (Å²) in [6.45, 7) is -0.195. The first kappa shape index (κ1) is 23.0. The summed E-state index contributed by atoms with van der Waals surface area (Å²) in [4.78, 5) is 41.9. The number of carbonyl (C=O) groups is 3. The van der Waals surface area contributed by atoms with Crippen LogP contribution in [0.1, 0.15) is 12.0 Å². The quantitative estimate of drug-likeness (QED) is 0.412. The molecule has 3 amide bonds. The fraction of sp³-hybridized carbons (Fsp3) is 0.160. The lowest BCUT2D eigenvalue weighted by Gasteiger charge is -2.28. The van der Waals surface area contributed by atoms with E-state index in [1.807, 2.05) is 6.07 Å². The summed E-state index contributed by atoms with van der Waals surface area (Å²) in [7, 11) is 0. The van der Waals surface area contributed by atoms with E-state index in [1.54, 1.807) is 72.8 Å². The van der Waals surface area contributed by atoms with Gasteiger partial charge in [-0.05, 0) is 48.0 Å². The molecule has 0 saturated carbocycles. The SMILES string of the molecule is O=C1CC(N(Cc2ccccc2Cl)C(=O)COc2ccccc2)C(=O)N1c1ccc(Br)cc1. The maximum absolute atomic E-state index is 13.3. The van der Waals surface area contributed by atoms with Gasteiger partial charge in [0.15, 0.2) is 6.61 Å². The maximum atomic E-state index is 13.3. The fourth-order valence-corrected chi connectivity index (χ4v) is 4.11. The van der Waals surface area contributed by atoms with Gasteiger partial charge < -0.3 is 9.64 Å². The number of amides is 3. The van der Waals surface area contributed by atoms with Crippen LogP contribution in [0.3, 0.4) is 0 Å². The lowest BCUT2D eigenvalue weighted by atomic mass is 10.1. The number of rotatable bonds is 7. The van der Waals surface area contributed by atoms with Crippen LogP contribution in [0, 0.1) is 0 Å². The summed E-state index contributed by atoms with van der Waals surface area (Å²) in [5.41, 5.74) is 1.14. The van der Waals surface area contributed by atoms with Gasteiger partial charge in [0.05, 0.1) is 12.1 Å². The van der Waals surface area contributed by atoms with Crippen LogP contribution in [0.25, 0.3) is 0 Å². The van der Waals surface area contributed by atoms with Crippen molar-refractivity contribution < 1.29 is 19.1 Å². The second-order valence-corrected chi connectivity index (χ2v) is 8.80. The Hall–Kier alpha value is -3.16. The Balaban J connectivity index is 1.60. The third-order valence-electron chi connectivity index (χ3n) is 5.31. The summed E-state index contributed by atoms with van der Waals surface area (Å²) in [6.07, 6.45) is -0.115. The summed E-state index contributed by atoms with van der Waals surface area (Å²) in [5.74, 6) is -0.702. The third kappa shape index (κ3) is 5.26. The van der Waals surface area contributed by atoms with Crippen molar-refractivity contribution in [2.75, 3.05) is 11.5 Å². The molecule has 0 aromatic heterocycles. The molecule has 1 heterocycles. The zero-order valence-corrected chi connectivity index (χ0v) is 19.8. The summed E-state index contributed by atoms with van der Waals surface area (Å²) >= 11 is 9.67. The second-order valence-electron chi connectivity index (χ2n) is 7.48. The number of imide groups is 1. The van der Waals surface area contributed by atoms with Crippen molar-refractivity contribution >= 4 is 50.9 Å². The molecule has 0 bridgehead atoms. The highest BCUT2D eigenvalue weighted by molar-refractivity contribution is 9.10. The number of para-hydroxylation sites is 1. The molecular formula is C25H20BrClN2O4. The van der Waals surface area contributed by atoms with Gasteiger partial charge in [0.2, 0.25) is 5.91 Å². The molecule has 6 nitrogen and oxygen atoms in total. The zero-order valence-electron chi connectivity index (χ0n) is 17.5. The highest BCUT2D eigenvalue weighted by Crippen LogP contribution is 2.29. The van der Waals surface area contributed by atoms with Crippen molar-refractivity contribution in [2.24, 2.45) is 0 Å². The van der Waals surface area contributed by atoms with Gasteiger partial charge in [-0.3, -0.25) is 14.4 Å². The van der Waals surface area contributed by atoms with Gasteiger partial charge in [-0.15, -0.1) is 0 Å². The fourth-order valence-electron chi connectivity index (χ4n) is 3.65. The van der Waals surface area contributed by atoms with Gasteiger partial charge >= 0.3 is 0 Å². The zero-order chi connectivity index (χ0) is 23.4. The second kappa shape index (κ2) is 10.2. The number of nitrogens with zero attached hydrogens (tertiary/aromatic N) is 2. The molecule has 33 heavy (non-hydrogen) atoms. The molecule has 0 spiro atoms. The normalized spacial score (nSPS) is 15.6. The van der Waals surface area contributed by atoms with E-state index in [2.05, 4.69) is 15.9 Å². The monoisotopic (exact) mass is 526 g/mol. The van der Waals surface area contributed by atoms with E-state index < -0.39 is 17.9 Å². The highest BCUT2D eigenvalue weighted by atomic mass is 79.9. The largest absolute Gasteiger partial charge is 0.484 e. The Morgan fingerprint density at radius 2 is 1.67 bits per heavy atom. The number of anilines is 1. The molecule has 3 aromatic rings. The molecule has 8 heteroatoms. The standard InChI is InChI=1S/C25H20BrClN2O4/c26-18-10-12-19(13-11-18)29-23(30)14-22(25(29)32)28(15-17-6-4-5-9-21(17)27)24(31)16-33-20-7-2-1-3-8-20/h1-13,22H,14-16H2. The molecule has 3 aromatic carbocycles. The van der Waals surface area contributed by atoms with Crippen molar-refractivity contribution in [3.8, 4) is 5.75 Å². The number of benzene rings is 3. The third-order valence-corrected chi connectivity index (χ3v) is 6.21. The van der Waals surface area contributed by atoms with Crippen molar-refractivity contribution in [1.82, 2.24) is 4.90 Å². The average molecular weight is 528 g/mol. The van der Waals surface area contributed by atoms with E-state index in [0.717, 1.165) is 9.37 Å². The van der Waals surface area contributed by atoms with Crippen LogP contribution in [0.15, 0.2) is 83.3 Å². The minimum absolute atomic E-state index is 0.0779. The minimum Gasteiger partial charge on any atom is -0.484 e. The predicted octanol–water partition coefficient (Wildman–Crippen LogP) is 4.84. The topological polar surface area (TPSA) is 66.9 Å². The lowest BCUT2D eigenvalue weighted by molar-refractivity contribution is -0.140. The lowest BCUT2D eigenvalue weighted by Crippen LogP contribution is -2.46. The van der Waals surface area contributed by atoms with Crippen LogP contribution < -0.4 is 9.64 Å². The van der Waals surface area contributed by atoms with Gasteiger partial charge in [0, 0.05) is 16.0 Å². The first-order valence-corrected chi connectivity index (χ1v) is 11.4. The first-order valence-electron chi connectivity index (χ1n) is 10.3. The van der Waals surface area contributed by atoms with Crippen LogP contribution >= 0.6 is 27.5 Å². The van der Waals surface area contributed by atoms with Gasteiger partial charge in [0.25, 0.3) is 11.8 Å². The van der Waals surface area contributed by atoms with E-state index in [-0.39, 0.29) is 25.5 Å². The molecule has 1 aliphatic rings. The van der Waals surface area contributed by atoms with Crippen LogP contribution in [0.5, 0.6) is 5.75 Å². The molecule has 1 unspecified atom stereocenters. The first-order chi connectivity index (χ1) is 15.9. The Morgan fingerprint density at radius 3 is 2.36 bits per heavy atom. The summed E-state index contributed by atoms with van der Waals surface area (Å²) in [5, 5.41) is 0.473. The predicted molar refractivity (Wildman–Crippen MR) is 129 cm³/mol. The van der Waals surface area contributed by atoms with Gasteiger partial charge in [-0.25, -0.2) is 4.90 Å². The summed E-state index contributed by atoms with van der Waals surface area (Å²) in [6, 6.07) is 21.9. The van der Waals surface area contributed by atoms with E-state index in [1.165, 1.54) is 4.90 Å². The van der Waals surface area contributed by atoms with Crippen molar-refractivity contribution in [3.05, 3.63) is 93.9 Å². The maximum Gasteiger partial charge on any atom is 0.261 e. The average Bonchev–Trinajstić information content (AvgIpc) is 3.11. The number of halogens is 2. The van der Waals surface area contributed by atoms with Crippen LogP contribution in [0.4, 0.5) is 5.69 Å². The van der Waals surface area contributed by atoms with E-state index in [9.17, 15) is 14.4 Å². The van der Waals surface area contributed by atoms with Gasteiger partial charge in [-0.1, -0.05) is 63.9 Å². The molecule has 0 radical (unpaired) electrons. The van der Waals surface area contributed by atoms with Crippen LogP contribution in [-0.2, 0) is 20.9 Å². The Labute approximate surface area is 204 Å². The molecule has 4 rings (SSSR count). The Kier molecular flexibility index (Phi) is 7.11. The molecule has 1 saturated heterocycles. The number of hydrogen-bond acceptors (Lipinski definition) is 4. The van der Waals surface area contributed by atoms with Crippen LogP contribution in [-0.4, -0.2) is 35.3 Å². The Bertz CT molecular complexity index is 1170. The Morgan fingerprint density at radius 1 is 1.00 bits per heavy atom. The van der Waals surface area contributed by atoms with Crippen molar-refractivity contribution in [3.63, 3.8) is 0 Å². The molecule has 0 aliphatic carbocycles. The minimum atomic E-state index is -0.954. The molecular weight excluding hydrogens is 508 g/mol. The van der Waals surface area contributed by atoms with Crippen molar-refractivity contribution in [2.45, 2.75) is 19.0 Å². The number of ether oxygens (including phenoxy) is 1. The van der Waals surface area contributed by atoms with Gasteiger partial charge in [0.1, 0.15) is 11.8 Å². The van der Waals surface area contributed by atoms with E-state index in [0.29, 0.717) is 22.0 Å². The van der Waals surface area contributed by atoms with E-state index in [4.69, 9.17) is 16.3 Å². The molecule has 0 N–H and O–H groups in total. The van der Waals surface area contributed by atoms with Crippen LogP contribution in [0.2, 0.25) is 5.02 Å². The van der Waals surface area contributed by atoms with Gasteiger partial charge in [-0.2, -0.15) is 0 Å². The molecule has 1 aliphatic heterocycles. The van der Waals surface area contributed by atoms with E-state index >= 15 is 0 Å². The van der Waals surface area contributed by atoms with Crippen molar-refractivity contribution in [1.29, 1.82) is 0 Å². The summed E-state index contributed by atoms with van der Waals surface area (Å²) < 4.78 is 6.45.